The van der Waals surface area contributed by atoms with Crippen LogP contribution in [-0.4, -0.2) is 48.6 Å². The minimum Gasteiger partial charge on any atom is -0.365 e. The zero-order valence-corrected chi connectivity index (χ0v) is 12.6. The smallest absolute Gasteiger partial charge is 0.249 e. The lowest BCUT2D eigenvalue weighted by molar-refractivity contribution is -0.139. The highest BCUT2D eigenvalue weighted by molar-refractivity contribution is 5.84. The minimum absolute atomic E-state index is 0.0637. The van der Waals surface area contributed by atoms with E-state index < -0.39 is 0 Å². The minimum atomic E-state index is -0.376. The number of nitrogens with one attached hydrogen (secondary N) is 1. The average molecular weight is 282 g/mol. The van der Waals surface area contributed by atoms with Gasteiger partial charge in [0.15, 0.2) is 0 Å². The largest absolute Gasteiger partial charge is 0.365 e. The summed E-state index contributed by atoms with van der Waals surface area (Å²) in [6.07, 6.45) is 6.74. The van der Waals surface area contributed by atoms with E-state index in [4.69, 9.17) is 4.74 Å². The van der Waals surface area contributed by atoms with E-state index in [1.54, 1.807) is 11.9 Å². The van der Waals surface area contributed by atoms with Crippen LogP contribution in [0.2, 0.25) is 0 Å². The molecule has 0 aromatic heterocycles. The number of hydrogen-bond acceptors (Lipinski definition) is 3. The van der Waals surface area contributed by atoms with Gasteiger partial charge in [0.05, 0.1) is 12.1 Å². The van der Waals surface area contributed by atoms with Gasteiger partial charge in [-0.25, -0.2) is 0 Å². The summed E-state index contributed by atoms with van der Waals surface area (Å²) in [4.78, 5) is 25.4. The first-order valence-corrected chi connectivity index (χ1v) is 7.80. The molecule has 1 heterocycles. The van der Waals surface area contributed by atoms with Gasteiger partial charge in [0, 0.05) is 20.0 Å². The summed E-state index contributed by atoms with van der Waals surface area (Å²) >= 11 is 0. The van der Waals surface area contributed by atoms with Crippen molar-refractivity contribution in [3.05, 3.63) is 0 Å². The molecule has 2 fully saturated rings. The highest BCUT2D eigenvalue weighted by Gasteiger charge is 2.30. The Morgan fingerprint density at radius 2 is 2.10 bits per heavy atom. The molecule has 1 aliphatic carbocycles. The topological polar surface area (TPSA) is 58.6 Å². The second kappa shape index (κ2) is 7.07. The van der Waals surface area contributed by atoms with E-state index in [0.717, 1.165) is 12.8 Å². The lowest BCUT2D eigenvalue weighted by atomic mass is 9.97. The third-order valence-electron chi connectivity index (χ3n) is 4.26. The lowest BCUT2D eigenvalue weighted by Gasteiger charge is -2.27. The molecule has 0 spiro atoms. The molecule has 114 valence electrons. The lowest BCUT2D eigenvalue weighted by Crippen LogP contribution is -2.44. The van der Waals surface area contributed by atoms with E-state index >= 15 is 0 Å². The molecular weight excluding hydrogens is 256 g/mol. The number of amides is 2. The first-order chi connectivity index (χ1) is 9.60. The standard InChI is InChI=1S/C15H26N2O3/c1-3-13(20-12-7-5-4-6-8-12)15(19)16-11-9-14(18)17(2)10-11/h11-13H,3-10H2,1-2H3,(H,16,19)/t11-,13-/m0/s1. The first kappa shape index (κ1) is 15.3. The second-order valence-electron chi connectivity index (χ2n) is 5.98. The third kappa shape index (κ3) is 3.95. The van der Waals surface area contributed by atoms with Gasteiger partial charge in [-0.15, -0.1) is 0 Å². The van der Waals surface area contributed by atoms with Crippen LogP contribution in [0.15, 0.2) is 0 Å². The fourth-order valence-electron chi connectivity index (χ4n) is 3.03. The van der Waals surface area contributed by atoms with Crippen LogP contribution < -0.4 is 5.32 Å². The molecule has 2 aliphatic rings. The number of nitrogens with zero attached hydrogens (tertiary/aromatic N) is 1. The number of likely N-dealkylation sites (tertiary alicyclic amines) is 1. The maximum atomic E-state index is 12.3. The third-order valence-corrected chi connectivity index (χ3v) is 4.26. The predicted octanol–water partition coefficient (Wildman–Crippen LogP) is 1.46. The molecule has 0 aromatic rings. The van der Waals surface area contributed by atoms with Crippen LogP contribution in [0.4, 0.5) is 0 Å². The summed E-state index contributed by atoms with van der Waals surface area (Å²) in [5, 5.41) is 2.95. The van der Waals surface area contributed by atoms with Crippen molar-refractivity contribution >= 4 is 11.8 Å². The van der Waals surface area contributed by atoms with Gasteiger partial charge in [-0.1, -0.05) is 26.2 Å². The maximum Gasteiger partial charge on any atom is 0.249 e. The van der Waals surface area contributed by atoms with Gasteiger partial charge in [0.25, 0.3) is 0 Å². The van der Waals surface area contributed by atoms with Crippen molar-refractivity contribution in [2.24, 2.45) is 0 Å². The Kier molecular flexibility index (Phi) is 5.40. The number of carbonyl (C=O) groups excluding carboxylic acids is 2. The molecule has 0 radical (unpaired) electrons. The van der Waals surface area contributed by atoms with Crippen molar-refractivity contribution in [1.82, 2.24) is 10.2 Å². The van der Waals surface area contributed by atoms with Crippen LogP contribution in [0.3, 0.4) is 0 Å². The van der Waals surface area contributed by atoms with Crippen LogP contribution >= 0.6 is 0 Å². The molecule has 1 N–H and O–H groups in total. The summed E-state index contributed by atoms with van der Waals surface area (Å²) in [6.45, 7) is 2.57. The Labute approximate surface area is 121 Å². The fourth-order valence-corrected chi connectivity index (χ4v) is 3.03. The van der Waals surface area contributed by atoms with E-state index in [1.165, 1.54) is 19.3 Å². The molecule has 0 bridgehead atoms. The molecule has 1 saturated carbocycles. The number of likely N-dealkylation sites (N-methyl/N-ethyl adjacent to an activating group) is 1. The normalized spacial score (nSPS) is 25.8. The number of carbonyl (C=O) groups is 2. The van der Waals surface area contributed by atoms with Gasteiger partial charge in [-0.3, -0.25) is 9.59 Å². The highest BCUT2D eigenvalue weighted by atomic mass is 16.5. The fraction of sp³-hybridized carbons (Fsp3) is 0.867. The average Bonchev–Trinajstić information content (AvgIpc) is 2.75. The molecule has 20 heavy (non-hydrogen) atoms. The number of hydrogen-bond donors (Lipinski definition) is 1. The zero-order chi connectivity index (χ0) is 14.5. The van der Waals surface area contributed by atoms with Crippen LogP contribution in [-0.2, 0) is 14.3 Å². The Bertz CT molecular complexity index is 353. The Balaban J connectivity index is 1.80. The summed E-state index contributed by atoms with van der Waals surface area (Å²) in [7, 11) is 1.77. The van der Waals surface area contributed by atoms with Crippen molar-refractivity contribution in [3.63, 3.8) is 0 Å². The van der Waals surface area contributed by atoms with E-state index in [2.05, 4.69) is 5.32 Å². The van der Waals surface area contributed by atoms with Crippen LogP contribution in [0, 0.1) is 0 Å². The second-order valence-corrected chi connectivity index (χ2v) is 5.98. The molecule has 0 aromatic carbocycles. The summed E-state index contributed by atoms with van der Waals surface area (Å²) in [5.41, 5.74) is 0. The SMILES string of the molecule is CC[C@H](OC1CCCCC1)C(=O)N[C@H]1CC(=O)N(C)C1. The monoisotopic (exact) mass is 282 g/mol. The zero-order valence-electron chi connectivity index (χ0n) is 12.6. The van der Waals surface area contributed by atoms with Gasteiger partial charge in [-0.05, 0) is 19.3 Å². The van der Waals surface area contributed by atoms with Gasteiger partial charge < -0.3 is 15.0 Å². The highest BCUT2D eigenvalue weighted by Crippen LogP contribution is 2.22. The van der Waals surface area contributed by atoms with Crippen LogP contribution in [0.25, 0.3) is 0 Å². The van der Waals surface area contributed by atoms with Gasteiger partial charge in [0.2, 0.25) is 11.8 Å². The van der Waals surface area contributed by atoms with Crippen molar-refractivity contribution in [1.29, 1.82) is 0 Å². The molecule has 0 unspecified atom stereocenters. The van der Waals surface area contributed by atoms with E-state index in [-0.39, 0.29) is 30.1 Å². The van der Waals surface area contributed by atoms with Crippen LogP contribution in [0.5, 0.6) is 0 Å². The Hall–Kier alpha value is -1.10. The van der Waals surface area contributed by atoms with E-state index in [0.29, 0.717) is 19.4 Å². The quantitative estimate of drug-likeness (QED) is 0.830. The van der Waals surface area contributed by atoms with Crippen molar-refractivity contribution in [2.45, 2.75) is 70.1 Å². The Morgan fingerprint density at radius 3 is 2.65 bits per heavy atom. The summed E-state index contributed by atoms with van der Waals surface area (Å²) in [5.74, 6) is 0.0303. The maximum absolute atomic E-state index is 12.3. The van der Waals surface area contributed by atoms with Gasteiger partial charge >= 0.3 is 0 Å². The molecular formula is C15H26N2O3. The molecule has 2 atom stereocenters. The van der Waals surface area contributed by atoms with Gasteiger partial charge in [-0.2, -0.15) is 0 Å². The summed E-state index contributed by atoms with van der Waals surface area (Å²) < 4.78 is 5.96. The number of ether oxygens (including phenoxy) is 1. The molecule has 1 saturated heterocycles. The number of rotatable bonds is 5. The van der Waals surface area contributed by atoms with Gasteiger partial charge in [0.1, 0.15) is 6.10 Å². The van der Waals surface area contributed by atoms with E-state index in [9.17, 15) is 9.59 Å². The van der Waals surface area contributed by atoms with Crippen molar-refractivity contribution in [2.75, 3.05) is 13.6 Å². The Morgan fingerprint density at radius 1 is 1.40 bits per heavy atom. The molecule has 5 heteroatoms. The molecule has 1 aliphatic heterocycles. The molecule has 2 rings (SSSR count). The molecule has 5 nitrogen and oxygen atoms in total. The van der Waals surface area contributed by atoms with Crippen molar-refractivity contribution in [3.8, 4) is 0 Å². The summed E-state index contributed by atoms with van der Waals surface area (Å²) in [6, 6.07) is -0.0657. The first-order valence-electron chi connectivity index (χ1n) is 7.80. The van der Waals surface area contributed by atoms with Crippen molar-refractivity contribution < 1.29 is 14.3 Å². The van der Waals surface area contributed by atoms with E-state index in [1.807, 2.05) is 6.92 Å². The molecule has 2 amide bonds. The van der Waals surface area contributed by atoms with Crippen LogP contribution in [0.1, 0.15) is 51.9 Å². The predicted molar refractivity (Wildman–Crippen MR) is 76.2 cm³/mol.